The van der Waals surface area contributed by atoms with Crippen LogP contribution in [-0.4, -0.2) is 25.3 Å². The Kier molecular flexibility index (Phi) is 2.78. The first-order valence-corrected chi connectivity index (χ1v) is 4.91. The molecule has 0 aliphatic heterocycles. The molecule has 0 aliphatic rings. The number of aryl methyl sites for hydroxylation is 1. The van der Waals surface area contributed by atoms with Gasteiger partial charge in [-0.3, -0.25) is 18.7 Å². The summed E-state index contributed by atoms with van der Waals surface area (Å²) in [5.74, 6) is 0. The van der Waals surface area contributed by atoms with Gasteiger partial charge in [0.1, 0.15) is 6.33 Å². The minimum Gasteiger partial charge on any atom is -0.276 e. The Hall–Kier alpha value is -1.63. The highest BCUT2D eigenvalue weighted by Gasteiger charge is 2.12. The SMILES string of the molecule is O=c1[nH]c(=O)n(CCCF)c2ncn(Cl)c12. The topological polar surface area (TPSA) is 72.7 Å². The summed E-state index contributed by atoms with van der Waals surface area (Å²) < 4.78 is 14.2. The van der Waals surface area contributed by atoms with E-state index in [9.17, 15) is 14.0 Å². The molecule has 86 valence electrons. The number of imidazole rings is 1. The van der Waals surface area contributed by atoms with Gasteiger partial charge >= 0.3 is 5.69 Å². The lowest BCUT2D eigenvalue weighted by Crippen LogP contribution is -2.30. The van der Waals surface area contributed by atoms with Crippen LogP contribution in [0.1, 0.15) is 6.42 Å². The molecule has 0 saturated carbocycles. The zero-order valence-corrected chi connectivity index (χ0v) is 8.87. The normalized spacial score (nSPS) is 11.1. The van der Waals surface area contributed by atoms with Gasteiger partial charge in [-0.15, -0.1) is 0 Å². The fourth-order valence-electron chi connectivity index (χ4n) is 1.46. The van der Waals surface area contributed by atoms with E-state index >= 15 is 0 Å². The van der Waals surface area contributed by atoms with Gasteiger partial charge in [0.25, 0.3) is 5.56 Å². The lowest BCUT2D eigenvalue weighted by Gasteiger charge is -2.03. The van der Waals surface area contributed by atoms with Crippen LogP contribution in [0.3, 0.4) is 0 Å². The molecule has 0 amide bonds. The van der Waals surface area contributed by atoms with Crippen LogP contribution in [0.5, 0.6) is 0 Å². The summed E-state index contributed by atoms with van der Waals surface area (Å²) in [6.07, 6.45) is 1.39. The zero-order chi connectivity index (χ0) is 11.7. The summed E-state index contributed by atoms with van der Waals surface area (Å²) in [6.45, 7) is -0.398. The first-order chi connectivity index (χ1) is 7.65. The molecule has 2 heterocycles. The number of rotatable bonds is 3. The highest BCUT2D eigenvalue weighted by atomic mass is 35.5. The van der Waals surface area contributed by atoms with E-state index in [1.807, 2.05) is 0 Å². The minimum atomic E-state index is -0.610. The average molecular weight is 247 g/mol. The fourth-order valence-corrected chi connectivity index (χ4v) is 1.66. The Morgan fingerprint density at radius 2 is 2.25 bits per heavy atom. The van der Waals surface area contributed by atoms with Crippen molar-refractivity contribution in [3.8, 4) is 0 Å². The standard InChI is InChI=1S/C8H8ClFN4O2/c9-14-4-11-6-5(14)7(15)12-8(16)13(6)3-1-2-10/h4H,1-3H2,(H,12,15,16). The molecule has 0 saturated heterocycles. The number of nitrogens with zero attached hydrogens (tertiary/aromatic N) is 3. The molecular formula is C8H8ClFN4O2. The van der Waals surface area contributed by atoms with Crippen LogP contribution in [0.2, 0.25) is 0 Å². The Morgan fingerprint density at radius 3 is 2.94 bits per heavy atom. The second-order valence-electron chi connectivity index (χ2n) is 3.18. The van der Waals surface area contributed by atoms with Gasteiger partial charge in [0.15, 0.2) is 11.2 Å². The number of hydrogen-bond acceptors (Lipinski definition) is 3. The first-order valence-electron chi connectivity index (χ1n) is 4.57. The maximum atomic E-state index is 12.1. The molecule has 0 radical (unpaired) electrons. The molecule has 0 fully saturated rings. The smallest absolute Gasteiger partial charge is 0.276 e. The lowest BCUT2D eigenvalue weighted by molar-refractivity contribution is 0.444. The summed E-state index contributed by atoms with van der Waals surface area (Å²) in [6, 6.07) is 0. The van der Waals surface area contributed by atoms with Crippen LogP contribution in [0.15, 0.2) is 15.9 Å². The number of halogens is 2. The van der Waals surface area contributed by atoms with Crippen molar-refractivity contribution in [1.29, 1.82) is 0 Å². The summed E-state index contributed by atoms with van der Waals surface area (Å²) in [4.78, 5) is 28.8. The van der Waals surface area contributed by atoms with Crippen LogP contribution in [0, 0.1) is 0 Å². The van der Waals surface area contributed by atoms with Gasteiger partial charge in [0, 0.05) is 18.3 Å². The maximum absolute atomic E-state index is 12.1. The van der Waals surface area contributed by atoms with E-state index < -0.39 is 17.9 Å². The van der Waals surface area contributed by atoms with Gasteiger partial charge in [-0.05, 0) is 6.42 Å². The number of nitrogens with one attached hydrogen (secondary N) is 1. The molecule has 0 atom stereocenters. The van der Waals surface area contributed by atoms with Gasteiger partial charge in [0.05, 0.1) is 6.67 Å². The third-order valence-corrected chi connectivity index (χ3v) is 2.41. The minimum absolute atomic E-state index is 0.0834. The number of fused-ring (bicyclic) bond motifs is 1. The predicted octanol–water partition coefficient (Wildman–Crippen LogP) is 0.248. The monoisotopic (exact) mass is 246 g/mol. The molecule has 2 aromatic heterocycles. The molecule has 8 heteroatoms. The van der Waals surface area contributed by atoms with Gasteiger partial charge in [-0.2, -0.15) is 0 Å². The van der Waals surface area contributed by atoms with E-state index in [1.54, 1.807) is 0 Å². The third kappa shape index (κ3) is 1.63. The molecule has 0 bridgehead atoms. The highest BCUT2D eigenvalue weighted by Crippen LogP contribution is 2.07. The van der Waals surface area contributed by atoms with Crippen molar-refractivity contribution >= 4 is 22.9 Å². The van der Waals surface area contributed by atoms with E-state index in [4.69, 9.17) is 11.8 Å². The number of H-pyrrole nitrogens is 1. The van der Waals surface area contributed by atoms with Crippen LogP contribution in [0.4, 0.5) is 4.39 Å². The van der Waals surface area contributed by atoms with Crippen LogP contribution < -0.4 is 11.2 Å². The van der Waals surface area contributed by atoms with Gasteiger partial charge < -0.3 is 0 Å². The molecule has 2 rings (SSSR count). The zero-order valence-electron chi connectivity index (χ0n) is 8.11. The molecule has 0 spiro atoms. The largest absolute Gasteiger partial charge is 0.330 e. The maximum Gasteiger partial charge on any atom is 0.330 e. The second-order valence-corrected chi connectivity index (χ2v) is 3.55. The Balaban J connectivity index is 2.72. The molecule has 6 nitrogen and oxygen atoms in total. The summed E-state index contributed by atoms with van der Waals surface area (Å²) in [7, 11) is 0. The third-order valence-electron chi connectivity index (χ3n) is 2.16. The quantitative estimate of drug-likeness (QED) is 0.844. The Morgan fingerprint density at radius 1 is 1.50 bits per heavy atom. The number of aromatic amines is 1. The van der Waals surface area contributed by atoms with Gasteiger partial charge in [-0.1, -0.05) is 0 Å². The molecule has 0 aromatic carbocycles. The predicted molar refractivity (Wildman–Crippen MR) is 56.5 cm³/mol. The number of aromatic nitrogens is 4. The molecule has 0 aliphatic carbocycles. The lowest BCUT2D eigenvalue weighted by atomic mass is 10.4. The molecular weight excluding hydrogens is 239 g/mol. The Labute approximate surface area is 93.4 Å². The van der Waals surface area contributed by atoms with Crippen molar-refractivity contribution in [2.24, 2.45) is 0 Å². The van der Waals surface area contributed by atoms with Crippen molar-refractivity contribution in [2.45, 2.75) is 13.0 Å². The molecule has 2 aromatic rings. The van der Waals surface area contributed by atoms with Crippen molar-refractivity contribution in [3.05, 3.63) is 27.2 Å². The van der Waals surface area contributed by atoms with Crippen LogP contribution in [0.25, 0.3) is 11.2 Å². The molecule has 0 unspecified atom stereocenters. The van der Waals surface area contributed by atoms with E-state index in [1.165, 1.54) is 10.9 Å². The molecule has 16 heavy (non-hydrogen) atoms. The van der Waals surface area contributed by atoms with Gasteiger partial charge in [0.2, 0.25) is 0 Å². The summed E-state index contributed by atoms with van der Waals surface area (Å²) >= 11 is 5.68. The van der Waals surface area contributed by atoms with E-state index in [-0.39, 0.29) is 24.1 Å². The Bertz CT molecular complexity index is 629. The highest BCUT2D eigenvalue weighted by molar-refractivity contribution is 6.18. The van der Waals surface area contributed by atoms with Gasteiger partial charge in [-0.25, -0.2) is 13.9 Å². The van der Waals surface area contributed by atoms with Crippen LogP contribution >= 0.6 is 11.8 Å². The fraction of sp³-hybridized carbons (Fsp3) is 0.375. The van der Waals surface area contributed by atoms with Crippen LogP contribution in [-0.2, 0) is 6.54 Å². The second kappa shape index (κ2) is 4.09. The number of alkyl halides is 1. The van der Waals surface area contributed by atoms with Crippen molar-refractivity contribution in [2.75, 3.05) is 6.67 Å². The average Bonchev–Trinajstić information content (AvgIpc) is 2.61. The van der Waals surface area contributed by atoms with E-state index in [2.05, 4.69) is 9.97 Å². The summed E-state index contributed by atoms with van der Waals surface area (Å²) in [5, 5.41) is 0. The van der Waals surface area contributed by atoms with Crippen molar-refractivity contribution in [1.82, 2.24) is 18.6 Å². The number of hydrogen-bond donors (Lipinski definition) is 1. The first kappa shape index (κ1) is 10.9. The van der Waals surface area contributed by atoms with E-state index in [0.717, 1.165) is 4.09 Å². The van der Waals surface area contributed by atoms with Crippen molar-refractivity contribution < 1.29 is 4.39 Å². The van der Waals surface area contributed by atoms with E-state index in [0.29, 0.717) is 0 Å². The van der Waals surface area contributed by atoms with Crippen molar-refractivity contribution in [3.63, 3.8) is 0 Å². The summed E-state index contributed by atoms with van der Waals surface area (Å²) in [5.41, 5.74) is -0.970. The molecule has 1 N–H and O–H groups in total.